The second-order valence-corrected chi connectivity index (χ2v) is 5.32. The Kier molecular flexibility index (Phi) is 4.74. The predicted molar refractivity (Wildman–Crippen MR) is 70.6 cm³/mol. The number of alkyl halides is 3. The third-order valence-corrected chi connectivity index (χ3v) is 2.53. The summed E-state index contributed by atoms with van der Waals surface area (Å²) in [5.41, 5.74) is 0.144. The predicted octanol–water partition coefficient (Wildman–Crippen LogP) is 3.89. The number of nitrogens with zero attached hydrogens (tertiary/aromatic N) is 1. The van der Waals surface area contributed by atoms with E-state index >= 15 is 0 Å². The van der Waals surface area contributed by atoms with E-state index in [-0.39, 0.29) is 5.54 Å². The number of rotatable bonds is 3. The highest BCUT2D eigenvalue weighted by atomic mass is 19.4. The largest absolute Gasteiger partial charge is 0.433 e. The number of halogens is 3. The van der Waals surface area contributed by atoms with Gasteiger partial charge in [-0.05, 0) is 45.4 Å². The maximum atomic E-state index is 12.6. The Hall–Kier alpha value is -1.36. The van der Waals surface area contributed by atoms with Gasteiger partial charge in [-0.25, -0.2) is 4.98 Å². The summed E-state index contributed by atoms with van der Waals surface area (Å²) in [4.78, 5) is 3.68. The quantitative estimate of drug-likeness (QED) is 0.903. The Morgan fingerprint density at radius 2 is 1.89 bits per heavy atom. The fourth-order valence-electron chi connectivity index (χ4n) is 1.47. The van der Waals surface area contributed by atoms with Crippen molar-refractivity contribution in [1.82, 2.24) is 10.3 Å². The van der Waals surface area contributed by atoms with Crippen LogP contribution in [0, 0.1) is 0 Å². The minimum absolute atomic E-state index is 0.101. The second-order valence-electron chi connectivity index (χ2n) is 5.32. The smallest absolute Gasteiger partial charge is 0.308 e. The normalized spacial score (nSPS) is 13.7. The summed E-state index contributed by atoms with van der Waals surface area (Å²) < 4.78 is 37.8. The van der Waals surface area contributed by atoms with Crippen LogP contribution < -0.4 is 5.32 Å². The highest BCUT2D eigenvalue weighted by molar-refractivity contribution is 5.63. The van der Waals surface area contributed by atoms with Gasteiger partial charge in [0.25, 0.3) is 0 Å². The molecule has 19 heavy (non-hydrogen) atoms. The molecule has 0 fully saturated rings. The lowest BCUT2D eigenvalue weighted by Crippen LogP contribution is -2.36. The average Bonchev–Trinajstić information content (AvgIpc) is 2.27. The molecule has 5 heteroatoms. The standard InChI is InChI=1S/C14H19F3N2/c1-5-10(9-18-13(2,3)4)11-7-6-8-12(19-11)14(15,16)17/h5-8,18H,9H2,1-4H3/b10-5-. The van der Waals surface area contributed by atoms with Gasteiger partial charge in [0, 0.05) is 12.1 Å². The van der Waals surface area contributed by atoms with E-state index < -0.39 is 11.9 Å². The monoisotopic (exact) mass is 272 g/mol. The second kappa shape index (κ2) is 5.74. The first kappa shape index (κ1) is 15.7. The zero-order chi connectivity index (χ0) is 14.7. The van der Waals surface area contributed by atoms with Crippen LogP contribution in [-0.2, 0) is 6.18 Å². The fraction of sp³-hybridized carbons (Fsp3) is 0.500. The van der Waals surface area contributed by atoms with Crippen LogP contribution in [0.2, 0.25) is 0 Å². The third kappa shape index (κ3) is 5.03. The van der Waals surface area contributed by atoms with Gasteiger partial charge in [0.15, 0.2) is 0 Å². The van der Waals surface area contributed by atoms with Crippen molar-refractivity contribution in [1.29, 1.82) is 0 Å². The van der Waals surface area contributed by atoms with Crippen molar-refractivity contribution in [3.05, 3.63) is 35.7 Å². The van der Waals surface area contributed by atoms with E-state index in [0.717, 1.165) is 11.6 Å². The first-order valence-corrected chi connectivity index (χ1v) is 6.08. The first-order chi connectivity index (χ1) is 8.63. The van der Waals surface area contributed by atoms with Crippen molar-refractivity contribution in [2.24, 2.45) is 0 Å². The molecule has 0 amide bonds. The molecule has 0 aliphatic carbocycles. The molecule has 106 valence electrons. The minimum Gasteiger partial charge on any atom is -0.308 e. The summed E-state index contributed by atoms with van der Waals surface area (Å²) in [7, 11) is 0. The molecule has 0 aromatic carbocycles. The zero-order valence-corrected chi connectivity index (χ0v) is 11.6. The van der Waals surface area contributed by atoms with Crippen molar-refractivity contribution in [2.45, 2.75) is 39.4 Å². The van der Waals surface area contributed by atoms with E-state index in [1.807, 2.05) is 20.8 Å². The van der Waals surface area contributed by atoms with Crippen LogP contribution in [0.4, 0.5) is 13.2 Å². The highest BCUT2D eigenvalue weighted by Gasteiger charge is 2.32. The molecule has 1 aromatic rings. The number of allylic oxidation sites excluding steroid dienone is 1. The van der Waals surface area contributed by atoms with Crippen LogP contribution in [0.3, 0.4) is 0 Å². The van der Waals surface area contributed by atoms with Crippen LogP contribution >= 0.6 is 0 Å². The Labute approximate surface area is 111 Å². The maximum Gasteiger partial charge on any atom is 0.433 e. The molecule has 1 rings (SSSR count). The lowest BCUT2D eigenvalue weighted by Gasteiger charge is -2.21. The SMILES string of the molecule is C/C=C(/CNC(C)(C)C)c1cccc(C(F)(F)F)n1. The van der Waals surface area contributed by atoms with Crippen LogP contribution in [0.1, 0.15) is 39.1 Å². The van der Waals surface area contributed by atoms with Crippen molar-refractivity contribution in [2.75, 3.05) is 6.54 Å². The van der Waals surface area contributed by atoms with Crippen LogP contribution in [-0.4, -0.2) is 17.1 Å². The van der Waals surface area contributed by atoms with Gasteiger partial charge in [-0.2, -0.15) is 13.2 Å². The Morgan fingerprint density at radius 3 is 2.37 bits per heavy atom. The molecule has 0 saturated heterocycles. The topological polar surface area (TPSA) is 24.9 Å². The van der Waals surface area contributed by atoms with Crippen LogP contribution in [0.5, 0.6) is 0 Å². The van der Waals surface area contributed by atoms with Crippen molar-refractivity contribution >= 4 is 5.57 Å². The van der Waals surface area contributed by atoms with Crippen LogP contribution in [0.25, 0.3) is 5.57 Å². The van der Waals surface area contributed by atoms with Crippen LogP contribution in [0.15, 0.2) is 24.3 Å². The summed E-state index contributed by atoms with van der Waals surface area (Å²) in [6, 6.07) is 3.95. The number of hydrogen-bond donors (Lipinski definition) is 1. The molecule has 0 unspecified atom stereocenters. The van der Waals surface area contributed by atoms with Gasteiger partial charge in [-0.1, -0.05) is 12.1 Å². The van der Waals surface area contributed by atoms with E-state index in [0.29, 0.717) is 12.2 Å². The maximum absolute atomic E-state index is 12.6. The van der Waals surface area contributed by atoms with E-state index in [4.69, 9.17) is 0 Å². The third-order valence-electron chi connectivity index (χ3n) is 2.53. The van der Waals surface area contributed by atoms with Crippen molar-refractivity contribution < 1.29 is 13.2 Å². The summed E-state index contributed by atoms with van der Waals surface area (Å²) in [5.74, 6) is 0. The molecule has 0 spiro atoms. The summed E-state index contributed by atoms with van der Waals surface area (Å²) in [6.07, 6.45) is -2.63. The van der Waals surface area contributed by atoms with E-state index in [9.17, 15) is 13.2 Å². The zero-order valence-electron chi connectivity index (χ0n) is 11.6. The molecule has 1 heterocycles. The van der Waals surface area contributed by atoms with Crippen molar-refractivity contribution in [3.63, 3.8) is 0 Å². The summed E-state index contributed by atoms with van der Waals surface area (Å²) in [5, 5.41) is 3.24. The van der Waals surface area contributed by atoms with Gasteiger partial charge >= 0.3 is 6.18 Å². The molecule has 0 atom stereocenters. The Morgan fingerprint density at radius 1 is 1.26 bits per heavy atom. The number of pyridine rings is 1. The summed E-state index contributed by atoms with van der Waals surface area (Å²) in [6.45, 7) is 8.27. The average molecular weight is 272 g/mol. The summed E-state index contributed by atoms with van der Waals surface area (Å²) >= 11 is 0. The molecule has 1 N–H and O–H groups in total. The molecule has 0 aliphatic rings. The Bertz CT molecular complexity index is 456. The van der Waals surface area contributed by atoms with Gasteiger partial charge in [-0.3, -0.25) is 0 Å². The molecule has 0 aliphatic heterocycles. The molecule has 0 radical (unpaired) electrons. The number of hydrogen-bond acceptors (Lipinski definition) is 2. The van der Waals surface area contributed by atoms with E-state index in [1.165, 1.54) is 6.07 Å². The first-order valence-electron chi connectivity index (χ1n) is 6.08. The minimum atomic E-state index is -4.41. The van der Waals surface area contributed by atoms with Gasteiger partial charge in [-0.15, -0.1) is 0 Å². The van der Waals surface area contributed by atoms with Gasteiger partial charge in [0.05, 0.1) is 5.69 Å². The highest BCUT2D eigenvalue weighted by Crippen LogP contribution is 2.28. The van der Waals surface area contributed by atoms with Gasteiger partial charge < -0.3 is 5.32 Å². The van der Waals surface area contributed by atoms with E-state index in [1.54, 1.807) is 19.1 Å². The van der Waals surface area contributed by atoms with Gasteiger partial charge in [0.2, 0.25) is 0 Å². The molecule has 1 aromatic heterocycles. The number of aromatic nitrogens is 1. The van der Waals surface area contributed by atoms with Crippen molar-refractivity contribution in [3.8, 4) is 0 Å². The fourth-order valence-corrected chi connectivity index (χ4v) is 1.47. The lowest BCUT2D eigenvalue weighted by atomic mass is 10.1. The van der Waals surface area contributed by atoms with Gasteiger partial charge in [0.1, 0.15) is 5.69 Å². The molecule has 0 saturated carbocycles. The molecular weight excluding hydrogens is 253 g/mol. The molecule has 0 bridgehead atoms. The Balaban J connectivity index is 2.95. The lowest BCUT2D eigenvalue weighted by molar-refractivity contribution is -0.141. The molecule has 2 nitrogen and oxygen atoms in total. The number of nitrogens with one attached hydrogen (secondary N) is 1. The van der Waals surface area contributed by atoms with E-state index in [2.05, 4.69) is 10.3 Å². The molecular formula is C14H19F3N2.